The highest BCUT2D eigenvalue weighted by Crippen LogP contribution is 2.17. The number of carbonyl (C=O) groups excluding carboxylic acids is 1. The highest BCUT2D eigenvalue weighted by molar-refractivity contribution is 5.74. The summed E-state index contributed by atoms with van der Waals surface area (Å²) < 4.78 is 7.82. The predicted octanol–water partition coefficient (Wildman–Crippen LogP) is 1.75. The normalized spacial score (nSPS) is 17.5. The number of carbonyl (C=O) groups is 1. The number of rotatable bonds is 5. The number of urea groups is 1. The lowest BCUT2D eigenvalue weighted by Gasteiger charge is -2.18. The Labute approximate surface area is 129 Å². The molecule has 1 aromatic heterocycles. The maximum atomic E-state index is 12.1. The Morgan fingerprint density at radius 1 is 1.36 bits per heavy atom. The van der Waals surface area contributed by atoms with Crippen LogP contribution < -0.4 is 10.1 Å². The van der Waals surface area contributed by atoms with Gasteiger partial charge in [-0.1, -0.05) is 18.2 Å². The van der Waals surface area contributed by atoms with E-state index in [4.69, 9.17) is 4.74 Å². The van der Waals surface area contributed by atoms with Crippen LogP contribution in [0.25, 0.3) is 0 Å². The van der Waals surface area contributed by atoms with Crippen LogP contribution in [0.1, 0.15) is 6.42 Å². The van der Waals surface area contributed by atoms with Gasteiger partial charge in [-0.05, 0) is 12.1 Å². The molecule has 116 valence electrons. The SMILES string of the molecule is O=C(NCCn1ccnc1)N1CC[C@H](Oc2ccccc2)C1. The molecule has 0 unspecified atom stereocenters. The smallest absolute Gasteiger partial charge is 0.317 e. The second-order valence-electron chi connectivity index (χ2n) is 5.32. The van der Waals surface area contributed by atoms with Crippen molar-refractivity contribution < 1.29 is 9.53 Å². The van der Waals surface area contributed by atoms with Gasteiger partial charge in [0.25, 0.3) is 0 Å². The minimum atomic E-state index is -0.0284. The van der Waals surface area contributed by atoms with Gasteiger partial charge in [-0.15, -0.1) is 0 Å². The number of benzene rings is 1. The average Bonchev–Trinajstić information content (AvgIpc) is 3.20. The molecule has 22 heavy (non-hydrogen) atoms. The number of para-hydroxylation sites is 1. The van der Waals surface area contributed by atoms with E-state index in [1.165, 1.54) is 0 Å². The van der Waals surface area contributed by atoms with E-state index in [2.05, 4.69) is 10.3 Å². The van der Waals surface area contributed by atoms with Gasteiger partial charge < -0.3 is 19.5 Å². The van der Waals surface area contributed by atoms with Crippen LogP contribution in [0, 0.1) is 0 Å². The van der Waals surface area contributed by atoms with Crippen LogP contribution in [0.15, 0.2) is 49.1 Å². The number of imidazole rings is 1. The van der Waals surface area contributed by atoms with Gasteiger partial charge in [-0.25, -0.2) is 9.78 Å². The number of amides is 2. The standard InChI is InChI=1S/C16H20N4O2/c21-16(18-8-11-19-10-7-17-13-19)20-9-6-15(12-20)22-14-4-2-1-3-5-14/h1-5,7,10,13,15H,6,8-9,11-12H2,(H,18,21)/t15-/m0/s1. The summed E-state index contributed by atoms with van der Waals surface area (Å²) in [4.78, 5) is 17.9. The fourth-order valence-corrected chi connectivity index (χ4v) is 2.52. The summed E-state index contributed by atoms with van der Waals surface area (Å²) in [6.07, 6.45) is 6.29. The first-order valence-corrected chi connectivity index (χ1v) is 7.51. The number of nitrogens with zero attached hydrogens (tertiary/aromatic N) is 3. The molecule has 0 bridgehead atoms. The number of aromatic nitrogens is 2. The number of ether oxygens (including phenoxy) is 1. The first-order chi connectivity index (χ1) is 10.8. The van der Waals surface area contributed by atoms with Gasteiger partial charge in [0.1, 0.15) is 11.9 Å². The van der Waals surface area contributed by atoms with Gasteiger partial charge in [0.05, 0.1) is 12.9 Å². The van der Waals surface area contributed by atoms with Crippen molar-refractivity contribution in [3.8, 4) is 5.75 Å². The van der Waals surface area contributed by atoms with Gasteiger partial charge in [0.2, 0.25) is 0 Å². The molecule has 1 aliphatic heterocycles. The largest absolute Gasteiger partial charge is 0.489 e. The second-order valence-corrected chi connectivity index (χ2v) is 5.32. The molecule has 0 aliphatic carbocycles. The molecule has 1 atom stereocenters. The quantitative estimate of drug-likeness (QED) is 0.915. The van der Waals surface area contributed by atoms with Crippen LogP contribution in [-0.4, -0.2) is 46.2 Å². The van der Waals surface area contributed by atoms with E-state index >= 15 is 0 Å². The Morgan fingerprint density at radius 3 is 3.00 bits per heavy atom. The van der Waals surface area contributed by atoms with Crippen LogP contribution >= 0.6 is 0 Å². The molecule has 2 aromatic rings. The Kier molecular flexibility index (Phi) is 4.58. The lowest BCUT2D eigenvalue weighted by atomic mass is 10.3. The predicted molar refractivity (Wildman–Crippen MR) is 82.7 cm³/mol. The van der Waals surface area contributed by atoms with E-state index in [1.54, 1.807) is 12.5 Å². The van der Waals surface area contributed by atoms with E-state index in [-0.39, 0.29) is 12.1 Å². The van der Waals surface area contributed by atoms with Crippen molar-refractivity contribution in [2.24, 2.45) is 0 Å². The van der Waals surface area contributed by atoms with Gasteiger partial charge in [0, 0.05) is 38.4 Å². The summed E-state index contributed by atoms with van der Waals surface area (Å²) in [7, 11) is 0. The maximum absolute atomic E-state index is 12.1. The zero-order valence-electron chi connectivity index (χ0n) is 12.4. The Bertz CT molecular complexity index is 585. The number of likely N-dealkylation sites (tertiary alicyclic amines) is 1. The van der Waals surface area contributed by atoms with E-state index in [1.807, 2.05) is 46.0 Å². The number of hydrogen-bond donors (Lipinski definition) is 1. The topological polar surface area (TPSA) is 59.4 Å². The first-order valence-electron chi connectivity index (χ1n) is 7.51. The lowest BCUT2D eigenvalue weighted by Crippen LogP contribution is -2.40. The zero-order chi connectivity index (χ0) is 15.2. The van der Waals surface area contributed by atoms with Crippen LogP contribution in [0.2, 0.25) is 0 Å². The van der Waals surface area contributed by atoms with Crippen molar-refractivity contribution in [1.82, 2.24) is 19.8 Å². The second kappa shape index (κ2) is 6.98. The number of nitrogens with one attached hydrogen (secondary N) is 1. The molecule has 0 saturated carbocycles. The van der Waals surface area contributed by atoms with Crippen molar-refractivity contribution in [2.75, 3.05) is 19.6 Å². The lowest BCUT2D eigenvalue weighted by molar-refractivity contribution is 0.186. The van der Waals surface area contributed by atoms with E-state index in [9.17, 15) is 4.79 Å². The minimum Gasteiger partial charge on any atom is -0.489 e. The minimum absolute atomic E-state index is 0.0284. The summed E-state index contributed by atoms with van der Waals surface area (Å²) in [5.74, 6) is 0.856. The summed E-state index contributed by atoms with van der Waals surface area (Å²) in [6, 6.07) is 9.71. The zero-order valence-corrected chi connectivity index (χ0v) is 12.4. The molecular formula is C16H20N4O2. The van der Waals surface area contributed by atoms with Crippen molar-refractivity contribution in [1.29, 1.82) is 0 Å². The van der Waals surface area contributed by atoms with Crippen molar-refractivity contribution in [3.63, 3.8) is 0 Å². The molecule has 1 N–H and O–H groups in total. The van der Waals surface area contributed by atoms with Gasteiger partial charge in [-0.3, -0.25) is 0 Å². The molecule has 1 fully saturated rings. The third-order valence-electron chi connectivity index (χ3n) is 3.68. The Hall–Kier alpha value is -2.50. The molecule has 0 spiro atoms. The molecule has 0 radical (unpaired) electrons. The average molecular weight is 300 g/mol. The Balaban J connectivity index is 1.41. The van der Waals surface area contributed by atoms with E-state index < -0.39 is 0 Å². The molecule has 6 heteroatoms. The molecule has 1 saturated heterocycles. The van der Waals surface area contributed by atoms with Crippen LogP contribution in [-0.2, 0) is 6.54 Å². The van der Waals surface area contributed by atoms with Crippen molar-refractivity contribution in [3.05, 3.63) is 49.1 Å². The van der Waals surface area contributed by atoms with Gasteiger partial charge in [-0.2, -0.15) is 0 Å². The van der Waals surface area contributed by atoms with Crippen molar-refractivity contribution >= 4 is 6.03 Å². The molecular weight excluding hydrogens is 280 g/mol. The first kappa shape index (κ1) is 14.4. The fourth-order valence-electron chi connectivity index (χ4n) is 2.52. The van der Waals surface area contributed by atoms with Crippen LogP contribution in [0.5, 0.6) is 5.75 Å². The summed E-state index contributed by atoms with van der Waals surface area (Å²) in [5, 5.41) is 2.93. The number of hydrogen-bond acceptors (Lipinski definition) is 3. The fraction of sp³-hybridized carbons (Fsp3) is 0.375. The molecule has 1 aromatic carbocycles. The molecule has 2 heterocycles. The van der Waals surface area contributed by atoms with Crippen LogP contribution in [0.4, 0.5) is 4.79 Å². The Morgan fingerprint density at radius 2 is 2.23 bits per heavy atom. The summed E-state index contributed by atoms with van der Waals surface area (Å²) >= 11 is 0. The molecule has 1 aliphatic rings. The van der Waals surface area contributed by atoms with Crippen molar-refractivity contribution in [2.45, 2.75) is 19.1 Å². The third kappa shape index (κ3) is 3.78. The molecule has 2 amide bonds. The highest BCUT2D eigenvalue weighted by atomic mass is 16.5. The summed E-state index contributed by atoms with van der Waals surface area (Å²) in [6.45, 7) is 2.68. The summed E-state index contributed by atoms with van der Waals surface area (Å²) in [5.41, 5.74) is 0. The van der Waals surface area contributed by atoms with E-state index in [0.29, 0.717) is 13.1 Å². The van der Waals surface area contributed by atoms with Crippen LogP contribution in [0.3, 0.4) is 0 Å². The highest BCUT2D eigenvalue weighted by Gasteiger charge is 2.27. The van der Waals surface area contributed by atoms with Gasteiger partial charge in [0.15, 0.2) is 0 Å². The molecule has 3 rings (SSSR count). The third-order valence-corrected chi connectivity index (χ3v) is 3.68. The monoisotopic (exact) mass is 300 g/mol. The van der Waals surface area contributed by atoms with E-state index in [0.717, 1.165) is 25.3 Å². The maximum Gasteiger partial charge on any atom is 0.317 e. The molecule has 6 nitrogen and oxygen atoms in total. The van der Waals surface area contributed by atoms with Gasteiger partial charge >= 0.3 is 6.03 Å².